The molecule has 0 N–H and O–H groups in total. The number of hydrogen-bond acceptors (Lipinski definition) is 3. The molecular weight excluding hydrogens is 304 g/mol. The van der Waals surface area contributed by atoms with E-state index in [9.17, 15) is 9.59 Å². The van der Waals surface area contributed by atoms with E-state index in [-0.39, 0.29) is 24.5 Å². The fraction of sp³-hybridized carbons (Fsp3) is 0.789. The van der Waals surface area contributed by atoms with Gasteiger partial charge in [-0.2, -0.15) is 0 Å². The van der Waals surface area contributed by atoms with Crippen LogP contribution in [-0.4, -0.2) is 60.5 Å². The van der Waals surface area contributed by atoms with Crippen LogP contribution in [0.2, 0.25) is 0 Å². The molecule has 3 aliphatic rings. The van der Waals surface area contributed by atoms with Crippen LogP contribution < -0.4 is 0 Å². The van der Waals surface area contributed by atoms with E-state index >= 15 is 0 Å². The second kappa shape index (κ2) is 8.65. The van der Waals surface area contributed by atoms with Gasteiger partial charge in [-0.1, -0.05) is 12.5 Å². The second-order valence-corrected chi connectivity index (χ2v) is 7.24. The molecule has 5 heteroatoms. The third-order valence-corrected chi connectivity index (χ3v) is 5.34. The highest BCUT2D eigenvalue weighted by Gasteiger charge is 2.28. The number of amides is 2. The maximum atomic E-state index is 13.0. The molecule has 2 fully saturated rings. The van der Waals surface area contributed by atoms with Crippen molar-refractivity contribution in [1.82, 2.24) is 9.80 Å². The van der Waals surface area contributed by atoms with Crippen LogP contribution in [0.25, 0.3) is 0 Å². The van der Waals surface area contributed by atoms with Gasteiger partial charge in [0.05, 0.1) is 6.10 Å². The lowest BCUT2D eigenvalue weighted by Gasteiger charge is -2.28. The van der Waals surface area contributed by atoms with Crippen molar-refractivity contribution >= 4 is 11.8 Å². The van der Waals surface area contributed by atoms with Crippen LogP contribution in [-0.2, 0) is 14.3 Å². The molecular formula is C19H30N2O3. The molecule has 0 spiro atoms. The molecule has 2 heterocycles. The molecule has 1 aliphatic carbocycles. The lowest BCUT2D eigenvalue weighted by molar-refractivity contribution is -0.139. The van der Waals surface area contributed by atoms with Crippen molar-refractivity contribution in [2.45, 2.75) is 63.9 Å². The van der Waals surface area contributed by atoms with Gasteiger partial charge in [0.1, 0.15) is 6.54 Å². The van der Waals surface area contributed by atoms with Gasteiger partial charge < -0.3 is 14.5 Å². The van der Waals surface area contributed by atoms with Crippen molar-refractivity contribution in [3.8, 4) is 0 Å². The smallest absolute Gasteiger partial charge is 0.250 e. The van der Waals surface area contributed by atoms with Gasteiger partial charge in [0, 0.05) is 31.8 Å². The Morgan fingerprint density at radius 3 is 2.71 bits per heavy atom. The number of carbonyl (C=O) groups excluding carboxylic acids is 2. The molecule has 2 amide bonds. The number of carbonyl (C=O) groups is 2. The Hall–Kier alpha value is -1.36. The first-order valence-corrected chi connectivity index (χ1v) is 9.62. The van der Waals surface area contributed by atoms with Crippen molar-refractivity contribution in [3.63, 3.8) is 0 Å². The predicted octanol–water partition coefficient (Wildman–Crippen LogP) is 2.51. The van der Waals surface area contributed by atoms with E-state index in [0.29, 0.717) is 6.54 Å². The standard InChI is InChI=1S/C19H30N2O3/c22-18(20-11-5-6-12-20)15-21(14-17-10-7-13-24-17)19(23)16-8-3-1-2-4-9-16/h8,17H,1-7,9-15H2/t17-/m0/s1. The predicted molar refractivity (Wildman–Crippen MR) is 92.5 cm³/mol. The SMILES string of the molecule is O=C(CN(C[C@@H]1CCCO1)C(=O)C1=CCCCCC1)N1CCCC1. The molecule has 0 bridgehead atoms. The largest absolute Gasteiger partial charge is 0.376 e. The third kappa shape index (κ3) is 4.59. The zero-order chi connectivity index (χ0) is 16.8. The van der Waals surface area contributed by atoms with Crippen molar-refractivity contribution in [2.75, 3.05) is 32.8 Å². The average molecular weight is 334 g/mol. The summed E-state index contributed by atoms with van der Waals surface area (Å²) < 4.78 is 5.71. The minimum Gasteiger partial charge on any atom is -0.376 e. The molecule has 0 aromatic heterocycles. The first kappa shape index (κ1) is 17.5. The van der Waals surface area contributed by atoms with E-state index in [4.69, 9.17) is 4.74 Å². The highest BCUT2D eigenvalue weighted by molar-refractivity contribution is 5.96. The van der Waals surface area contributed by atoms with Gasteiger partial charge in [0.2, 0.25) is 11.8 Å². The lowest BCUT2D eigenvalue weighted by atomic mass is 10.1. The summed E-state index contributed by atoms with van der Waals surface area (Å²) in [6.45, 7) is 3.20. The minimum atomic E-state index is 0.0555. The zero-order valence-corrected chi connectivity index (χ0v) is 14.7. The number of nitrogens with zero attached hydrogens (tertiary/aromatic N) is 2. The maximum absolute atomic E-state index is 13.0. The Kier molecular flexibility index (Phi) is 6.30. The number of hydrogen-bond donors (Lipinski definition) is 0. The molecule has 0 aromatic carbocycles. The molecule has 0 radical (unpaired) electrons. The van der Waals surface area contributed by atoms with Crippen molar-refractivity contribution in [2.24, 2.45) is 0 Å². The van der Waals surface area contributed by atoms with Gasteiger partial charge in [0.25, 0.3) is 0 Å². The summed E-state index contributed by atoms with van der Waals surface area (Å²) in [5.41, 5.74) is 0.903. The molecule has 3 rings (SSSR count). The summed E-state index contributed by atoms with van der Waals surface area (Å²) in [6, 6.07) is 0. The van der Waals surface area contributed by atoms with Gasteiger partial charge in [-0.05, 0) is 51.4 Å². The Morgan fingerprint density at radius 2 is 1.96 bits per heavy atom. The van der Waals surface area contributed by atoms with Crippen LogP contribution in [0, 0.1) is 0 Å². The monoisotopic (exact) mass is 334 g/mol. The van der Waals surface area contributed by atoms with Crippen LogP contribution in [0.15, 0.2) is 11.6 Å². The summed E-state index contributed by atoms with van der Waals surface area (Å²) in [6.07, 6.45) is 11.6. The Morgan fingerprint density at radius 1 is 1.12 bits per heavy atom. The second-order valence-electron chi connectivity index (χ2n) is 7.24. The molecule has 0 aromatic rings. The van der Waals surface area contributed by atoms with Crippen molar-refractivity contribution in [3.05, 3.63) is 11.6 Å². The average Bonchev–Trinajstić information content (AvgIpc) is 3.23. The number of rotatable bonds is 5. The summed E-state index contributed by atoms with van der Waals surface area (Å²) in [7, 11) is 0. The molecule has 5 nitrogen and oxygen atoms in total. The van der Waals surface area contributed by atoms with Crippen molar-refractivity contribution in [1.29, 1.82) is 0 Å². The van der Waals surface area contributed by atoms with Crippen molar-refractivity contribution < 1.29 is 14.3 Å². The highest BCUT2D eigenvalue weighted by atomic mass is 16.5. The van der Waals surface area contributed by atoms with Gasteiger partial charge >= 0.3 is 0 Å². The van der Waals surface area contributed by atoms with E-state index in [1.54, 1.807) is 4.90 Å². The first-order chi connectivity index (χ1) is 11.7. The summed E-state index contributed by atoms with van der Waals surface area (Å²) in [4.78, 5) is 29.2. The quantitative estimate of drug-likeness (QED) is 0.776. The number of likely N-dealkylation sites (tertiary alicyclic amines) is 1. The van der Waals surface area contributed by atoms with Crippen LogP contribution in [0.1, 0.15) is 57.8 Å². The number of ether oxygens (including phenoxy) is 1. The normalized spacial score (nSPS) is 24.6. The first-order valence-electron chi connectivity index (χ1n) is 9.62. The van der Waals surface area contributed by atoms with E-state index in [1.165, 1.54) is 6.42 Å². The van der Waals surface area contributed by atoms with Crippen LogP contribution in [0.3, 0.4) is 0 Å². The summed E-state index contributed by atoms with van der Waals surface area (Å²) in [5.74, 6) is 0.146. The van der Waals surface area contributed by atoms with E-state index in [0.717, 1.165) is 76.6 Å². The number of allylic oxidation sites excluding steroid dienone is 1. The van der Waals surface area contributed by atoms with E-state index < -0.39 is 0 Å². The third-order valence-electron chi connectivity index (χ3n) is 5.34. The molecule has 0 unspecified atom stereocenters. The Bertz CT molecular complexity index is 477. The topological polar surface area (TPSA) is 49.9 Å². The molecule has 134 valence electrons. The van der Waals surface area contributed by atoms with Gasteiger partial charge in [-0.15, -0.1) is 0 Å². The summed E-state index contributed by atoms with van der Waals surface area (Å²) in [5, 5.41) is 0. The fourth-order valence-electron chi connectivity index (χ4n) is 3.90. The minimum absolute atomic E-state index is 0.0555. The highest BCUT2D eigenvalue weighted by Crippen LogP contribution is 2.21. The van der Waals surface area contributed by atoms with E-state index in [1.807, 2.05) is 4.90 Å². The molecule has 24 heavy (non-hydrogen) atoms. The van der Waals surface area contributed by atoms with Gasteiger partial charge in [-0.25, -0.2) is 0 Å². The fourth-order valence-corrected chi connectivity index (χ4v) is 3.90. The lowest BCUT2D eigenvalue weighted by Crippen LogP contribution is -2.45. The van der Waals surface area contributed by atoms with Gasteiger partial charge in [-0.3, -0.25) is 9.59 Å². The van der Waals surface area contributed by atoms with Crippen LogP contribution >= 0.6 is 0 Å². The Labute approximate surface area is 145 Å². The summed E-state index contributed by atoms with van der Waals surface area (Å²) >= 11 is 0. The van der Waals surface area contributed by atoms with Crippen LogP contribution in [0.4, 0.5) is 0 Å². The molecule has 1 atom stereocenters. The van der Waals surface area contributed by atoms with E-state index in [2.05, 4.69) is 6.08 Å². The molecule has 0 saturated carbocycles. The van der Waals surface area contributed by atoms with Crippen LogP contribution in [0.5, 0.6) is 0 Å². The Balaban J connectivity index is 1.66. The molecule has 2 aliphatic heterocycles. The maximum Gasteiger partial charge on any atom is 0.250 e. The van der Waals surface area contributed by atoms with Gasteiger partial charge in [0.15, 0.2) is 0 Å². The molecule has 2 saturated heterocycles. The zero-order valence-electron chi connectivity index (χ0n) is 14.7.